The minimum absolute atomic E-state index is 0.157. The normalized spacial score (nSPS) is 25.7. The number of nitrogens with zero attached hydrogens (tertiary/aromatic N) is 5. The van der Waals surface area contributed by atoms with E-state index >= 15 is 4.39 Å². The molecule has 3 saturated heterocycles. The van der Waals surface area contributed by atoms with Gasteiger partial charge in [-0.3, -0.25) is 28.9 Å². The first kappa shape index (κ1) is 31.5. The molecule has 4 fully saturated rings. The van der Waals surface area contributed by atoms with Crippen LogP contribution in [0.4, 0.5) is 14.9 Å². The van der Waals surface area contributed by atoms with Crippen LogP contribution >= 0.6 is 0 Å². The summed E-state index contributed by atoms with van der Waals surface area (Å²) in [6.07, 6.45) is 3.84. The van der Waals surface area contributed by atoms with E-state index in [1.54, 1.807) is 13.1 Å². The number of rotatable bonds is 6. The number of nitrogens with one attached hydrogen (secondary N) is 2. The summed E-state index contributed by atoms with van der Waals surface area (Å²) in [5, 5.41) is 5.32. The van der Waals surface area contributed by atoms with Gasteiger partial charge in [0, 0.05) is 71.4 Å². The van der Waals surface area contributed by atoms with Crippen LogP contribution in [0.3, 0.4) is 0 Å². The maximum atomic E-state index is 15.4. The number of carbonyl (C=O) groups is 3. The number of imidazole rings is 1. The van der Waals surface area contributed by atoms with Crippen LogP contribution in [0.5, 0.6) is 0 Å². The maximum Gasteiger partial charge on any atom is 0.407 e. The number of hydrogen-bond donors (Lipinski definition) is 2. The number of carbonyl (C=O) groups excluding carboxylic acids is 3. The third-order valence-electron chi connectivity index (χ3n) is 9.89. The molecule has 3 amide bonds. The van der Waals surface area contributed by atoms with Crippen molar-refractivity contribution in [2.45, 2.75) is 83.0 Å². The fourth-order valence-electron chi connectivity index (χ4n) is 7.45. The van der Waals surface area contributed by atoms with E-state index in [2.05, 4.69) is 20.4 Å². The molecule has 3 aliphatic heterocycles. The molecule has 0 spiro atoms. The highest BCUT2D eigenvalue weighted by Gasteiger charge is 2.37. The first-order chi connectivity index (χ1) is 21.4. The summed E-state index contributed by atoms with van der Waals surface area (Å²) in [6.45, 7) is 12.1. The topological polar surface area (TPSA) is 121 Å². The van der Waals surface area contributed by atoms with E-state index < -0.39 is 23.2 Å². The van der Waals surface area contributed by atoms with Gasteiger partial charge < -0.3 is 19.9 Å². The monoisotopic (exact) mass is 627 g/mol. The molecule has 45 heavy (non-hydrogen) atoms. The lowest BCUT2D eigenvalue weighted by molar-refractivity contribution is -0.135. The van der Waals surface area contributed by atoms with Crippen molar-refractivity contribution < 1.29 is 23.5 Å². The van der Waals surface area contributed by atoms with Gasteiger partial charge in [-0.2, -0.15) is 0 Å². The standard InChI is InChI=1S/C32H46FN7O5/c1-32(2,3)45-30(43)34-21-17-22(18-21)38-15-13-37(14-16-38)19-20-9-11-39(12-10-20)27-23(33)5-6-24-28(27)36(4)31(44)40(24)25-7-8-26(41)35-29(25)42/h5-6,20-22,25H,7-19H2,1-4H3,(H,34,43)(H,35,41,42). The van der Waals surface area contributed by atoms with Crippen molar-refractivity contribution in [3.8, 4) is 0 Å². The van der Waals surface area contributed by atoms with Gasteiger partial charge in [0.15, 0.2) is 0 Å². The molecule has 0 radical (unpaired) electrons. The van der Waals surface area contributed by atoms with Crippen molar-refractivity contribution >= 4 is 34.6 Å². The summed E-state index contributed by atoms with van der Waals surface area (Å²) in [7, 11) is 1.61. The SMILES string of the molecule is Cn1c(=O)n(C2CCC(=O)NC2=O)c2ccc(F)c(N3CCC(CN4CCN(C5CC(NC(=O)OC(C)(C)C)C5)CC4)CC3)c21. The molecule has 12 nitrogen and oxygen atoms in total. The number of piperazine rings is 1. The molecule has 4 heterocycles. The highest BCUT2D eigenvalue weighted by atomic mass is 19.1. The molecule has 1 unspecified atom stereocenters. The van der Waals surface area contributed by atoms with Gasteiger partial charge in [0.05, 0.1) is 16.7 Å². The molecule has 1 saturated carbocycles. The molecule has 6 rings (SSSR count). The predicted molar refractivity (Wildman–Crippen MR) is 168 cm³/mol. The fourth-order valence-corrected chi connectivity index (χ4v) is 7.45. The Morgan fingerprint density at radius 1 is 1.02 bits per heavy atom. The van der Waals surface area contributed by atoms with Gasteiger partial charge >= 0.3 is 11.8 Å². The third-order valence-corrected chi connectivity index (χ3v) is 9.89. The molecule has 4 aliphatic rings. The van der Waals surface area contributed by atoms with Gasteiger partial charge in [-0.25, -0.2) is 14.0 Å². The number of piperidine rings is 2. The summed E-state index contributed by atoms with van der Waals surface area (Å²) in [4.78, 5) is 56.8. The second kappa shape index (κ2) is 12.4. The minimum atomic E-state index is -0.803. The first-order valence-electron chi connectivity index (χ1n) is 16.3. The smallest absolute Gasteiger partial charge is 0.407 e. The van der Waals surface area contributed by atoms with E-state index in [1.807, 2.05) is 25.7 Å². The fraction of sp³-hybridized carbons (Fsp3) is 0.688. The van der Waals surface area contributed by atoms with Crippen LogP contribution in [0.15, 0.2) is 16.9 Å². The molecule has 13 heteroatoms. The molecular formula is C32H46FN7O5. The lowest BCUT2D eigenvalue weighted by Crippen LogP contribution is -2.59. The summed E-state index contributed by atoms with van der Waals surface area (Å²) >= 11 is 0. The largest absolute Gasteiger partial charge is 0.444 e. The number of alkyl carbamates (subject to hydrolysis) is 1. The molecule has 246 valence electrons. The summed E-state index contributed by atoms with van der Waals surface area (Å²) in [5.41, 5.74) is 0.518. The van der Waals surface area contributed by atoms with Gasteiger partial charge in [-0.05, 0) is 70.9 Å². The molecule has 2 aromatic rings. The zero-order valence-electron chi connectivity index (χ0n) is 26.8. The van der Waals surface area contributed by atoms with Crippen molar-refractivity contribution in [3.63, 3.8) is 0 Å². The Bertz CT molecular complexity index is 1510. The summed E-state index contributed by atoms with van der Waals surface area (Å²) in [5.74, 6) is -0.714. The number of anilines is 1. The lowest BCUT2D eigenvalue weighted by Gasteiger charge is -2.47. The van der Waals surface area contributed by atoms with E-state index in [4.69, 9.17) is 4.74 Å². The Morgan fingerprint density at radius 3 is 2.36 bits per heavy atom. The van der Waals surface area contributed by atoms with E-state index in [1.165, 1.54) is 15.2 Å². The Morgan fingerprint density at radius 2 is 1.71 bits per heavy atom. The van der Waals surface area contributed by atoms with Gasteiger partial charge in [-0.1, -0.05) is 0 Å². The highest BCUT2D eigenvalue weighted by molar-refractivity contribution is 6.00. The number of aromatic nitrogens is 2. The van der Waals surface area contributed by atoms with E-state index in [0.29, 0.717) is 41.8 Å². The van der Waals surface area contributed by atoms with Crippen LogP contribution < -0.4 is 21.2 Å². The molecular weight excluding hydrogens is 581 g/mol. The number of aryl methyl sites for hydroxylation is 1. The molecule has 1 atom stereocenters. The van der Waals surface area contributed by atoms with E-state index in [0.717, 1.165) is 58.4 Å². The number of fused-ring (bicyclic) bond motifs is 1. The van der Waals surface area contributed by atoms with Crippen molar-refractivity contribution in [1.29, 1.82) is 0 Å². The van der Waals surface area contributed by atoms with Crippen molar-refractivity contribution in [2.75, 3.05) is 50.7 Å². The number of halogens is 1. The molecule has 1 aromatic carbocycles. The number of amides is 3. The van der Waals surface area contributed by atoms with Gasteiger partial charge in [0.25, 0.3) is 0 Å². The van der Waals surface area contributed by atoms with Gasteiger partial charge in [0.1, 0.15) is 17.5 Å². The van der Waals surface area contributed by atoms with Crippen molar-refractivity contribution in [1.82, 2.24) is 29.6 Å². The number of hydrogen-bond acceptors (Lipinski definition) is 8. The Kier molecular flexibility index (Phi) is 8.68. The average Bonchev–Trinajstić information content (AvgIpc) is 3.20. The van der Waals surface area contributed by atoms with Gasteiger partial charge in [0.2, 0.25) is 11.8 Å². The number of benzene rings is 1. The van der Waals surface area contributed by atoms with Crippen LogP contribution in [0.25, 0.3) is 11.0 Å². The molecule has 1 aliphatic carbocycles. The maximum absolute atomic E-state index is 15.4. The summed E-state index contributed by atoms with van der Waals surface area (Å²) < 4.78 is 23.6. The quantitative estimate of drug-likeness (QED) is 0.469. The Balaban J connectivity index is 1.01. The zero-order chi connectivity index (χ0) is 32.0. The Labute approximate surface area is 262 Å². The van der Waals surface area contributed by atoms with E-state index in [-0.39, 0.29) is 36.7 Å². The summed E-state index contributed by atoms with van der Waals surface area (Å²) in [6, 6.07) is 2.83. The van der Waals surface area contributed by atoms with Crippen LogP contribution in [0.2, 0.25) is 0 Å². The van der Waals surface area contributed by atoms with Crippen molar-refractivity contribution in [3.05, 3.63) is 28.4 Å². The third kappa shape index (κ3) is 6.60. The van der Waals surface area contributed by atoms with Crippen molar-refractivity contribution in [2.24, 2.45) is 13.0 Å². The van der Waals surface area contributed by atoms with Gasteiger partial charge in [-0.15, -0.1) is 0 Å². The molecule has 0 bridgehead atoms. The second-order valence-electron chi connectivity index (χ2n) is 14.2. The van der Waals surface area contributed by atoms with Crippen LogP contribution in [-0.4, -0.2) is 100 Å². The average molecular weight is 628 g/mol. The highest BCUT2D eigenvalue weighted by Crippen LogP contribution is 2.35. The minimum Gasteiger partial charge on any atom is -0.444 e. The predicted octanol–water partition coefficient (Wildman–Crippen LogP) is 2.35. The Hall–Kier alpha value is -3.45. The molecule has 2 N–H and O–H groups in total. The van der Waals surface area contributed by atoms with Crippen LogP contribution in [0, 0.1) is 11.7 Å². The lowest BCUT2D eigenvalue weighted by atomic mass is 9.85. The molecule has 1 aromatic heterocycles. The van der Waals surface area contributed by atoms with Crippen LogP contribution in [0.1, 0.15) is 65.3 Å². The zero-order valence-corrected chi connectivity index (χ0v) is 26.8. The van der Waals surface area contributed by atoms with E-state index in [9.17, 15) is 19.2 Å². The van der Waals surface area contributed by atoms with Crippen LogP contribution in [-0.2, 0) is 21.4 Å². The first-order valence-corrected chi connectivity index (χ1v) is 16.3. The second-order valence-corrected chi connectivity index (χ2v) is 14.2. The number of ether oxygens (including phenoxy) is 1. The number of imide groups is 1.